The Morgan fingerprint density at radius 3 is 2.05 bits per heavy atom. The molecule has 0 amide bonds. The lowest BCUT2D eigenvalue weighted by molar-refractivity contribution is -0.139. The van der Waals surface area contributed by atoms with Crippen LogP contribution in [0.2, 0.25) is 0 Å². The quantitative estimate of drug-likeness (QED) is 0.873. The van der Waals surface area contributed by atoms with Crippen LogP contribution in [0.5, 0.6) is 0 Å². The highest BCUT2D eigenvalue weighted by atomic mass is 16.4. The van der Waals surface area contributed by atoms with Gasteiger partial charge in [0.25, 0.3) is 0 Å². The van der Waals surface area contributed by atoms with Crippen LogP contribution in [0.25, 0.3) is 11.1 Å². The van der Waals surface area contributed by atoms with E-state index in [-0.39, 0.29) is 6.04 Å². The topological polar surface area (TPSA) is 49.3 Å². The molecular weight excluding hydrogens is 250 g/mol. The minimum atomic E-state index is -0.835. The summed E-state index contributed by atoms with van der Waals surface area (Å²) < 4.78 is 0. The van der Waals surface area contributed by atoms with Crippen molar-refractivity contribution in [1.29, 1.82) is 0 Å². The Labute approximate surface area is 119 Å². The van der Waals surface area contributed by atoms with Crippen LogP contribution in [0.1, 0.15) is 25.5 Å². The fraction of sp³-hybridized carbons (Fsp3) is 0.235. The zero-order valence-electron chi connectivity index (χ0n) is 11.7. The van der Waals surface area contributed by atoms with E-state index < -0.39 is 12.0 Å². The molecule has 0 aliphatic carbocycles. The van der Waals surface area contributed by atoms with E-state index >= 15 is 0 Å². The van der Waals surface area contributed by atoms with E-state index in [4.69, 9.17) is 5.11 Å². The van der Waals surface area contributed by atoms with Crippen LogP contribution in [0, 0.1) is 0 Å². The Balaban J connectivity index is 2.10. The van der Waals surface area contributed by atoms with E-state index in [1.165, 1.54) is 5.56 Å². The summed E-state index contributed by atoms with van der Waals surface area (Å²) in [6.07, 6.45) is 0. The minimum Gasteiger partial charge on any atom is -0.480 e. The largest absolute Gasteiger partial charge is 0.480 e. The molecule has 3 heteroatoms. The number of carboxylic acid groups (broad SMARTS) is 1. The standard InChI is InChI=1S/C17H19NO2/c1-12(18-13(2)17(19)20)14-8-10-16(11-9-14)15-6-4-3-5-7-15/h3-13,18H,1-2H3,(H,19,20). The molecule has 0 aliphatic rings. The molecule has 2 N–H and O–H groups in total. The zero-order valence-corrected chi connectivity index (χ0v) is 11.7. The summed E-state index contributed by atoms with van der Waals surface area (Å²) in [4.78, 5) is 10.8. The van der Waals surface area contributed by atoms with Crippen molar-refractivity contribution >= 4 is 5.97 Å². The smallest absolute Gasteiger partial charge is 0.320 e. The van der Waals surface area contributed by atoms with Crippen molar-refractivity contribution in [2.75, 3.05) is 0 Å². The van der Waals surface area contributed by atoms with Crippen molar-refractivity contribution < 1.29 is 9.90 Å². The third-order valence-corrected chi connectivity index (χ3v) is 3.39. The van der Waals surface area contributed by atoms with Crippen LogP contribution < -0.4 is 5.32 Å². The lowest BCUT2D eigenvalue weighted by Crippen LogP contribution is -2.35. The summed E-state index contributed by atoms with van der Waals surface area (Å²) >= 11 is 0. The second-order valence-electron chi connectivity index (χ2n) is 4.94. The van der Waals surface area contributed by atoms with Crippen LogP contribution in [-0.2, 0) is 4.79 Å². The first-order valence-electron chi connectivity index (χ1n) is 6.72. The van der Waals surface area contributed by atoms with E-state index in [0.717, 1.165) is 11.1 Å². The van der Waals surface area contributed by atoms with Gasteiger partial charge in [-0.25, -0.2) is 0 Å². The molecule has 2 unspecified atom stereocenters. The first-order chi connectivity index (χ1) is 9.58. The van der Waals surface area contributed by atoms with Crippen molar-refractivity contribution in [2.45, 2.75) is 25.9 Å². The van der Waals surface area contributed by atoms with Crippen molar-refractivity contribution in [1.82, 2.24) is 5.32 Å². The van der Waals surface area contributed by atoms with Crippen LogP contribution in [0.15, 0.2) is 54.6 Å². The first-order valence-corrected chi connectivity index (χ1v) is 6.72. The Bertz CT molecular complexity index is 563. The average Bonchev–Trinajstić information content (AvgIpc) is 2.48. The summed E-state index contributed by atoms with van der Waals surface area (Å²) in [5.74, 6) is -0.835. The molecule has 0 bridgehead atoms. The Morgan fingerprint density at radius 1 is 0.950 bits per heavy atom. The molecule has 2 atom stereocenters. The molecule has 3 nitrogen and oxygen atoms in total. The molecule has 20 heavy (non-hydrogen) atoms. The zero-order chi connectivity index (χ0) is 14.5. The average molecular weight is 269 g/mol. The Kier molecular flexibility index (Phi) is 4.53. The van der Waals surface area contributed by atoms with Gasteiger partial charge in [-0.1, -0.05) is 54.6 Å². The number of aliphatic carboxylic acids is 1. The van der Waals surface area contributed by atoms with E-state index in [2.05, 4.69) is 29.6 Å². The molecule has 0 saturated carbocycles. The third kappa shape index (κ3) is 3.45. The lowest BCUT2D eigenvalue weighted by Gasteiger charge is -2.17. The number of carbonyl (C=O) groups is 1. The Morgan fingerprint density at radius 2 is 1.50 bits per heavy atom. The van der Waals surface area contributed by atoms with Gasteiger partial charge in [0.15, 0.2) is 0 Å². The van der Waals surface area contributed by atoms with Gasteiger partial charge in [-0.05, 0) is 30.5 Å². The lowest BCUT2D eigenvalue weighted by atomic mass is 10.0. The molecule has 0 radical (unpaired) electrons. The number of carboxylic acids is 1. The number of hydrogen-bond donors (Lipinski definition) is 2. The number of benzene rings is 2. The summed E-state index contributed by atoms with van der Waals surface area (Å²) in [7, 11) is 0. The summed E-state index contributed by atoms with van der Waals surface area (Å²) in [5.41, 5.74) is 3.42. The molecule has 0 heterocycles. The van der Waals surface area contributed by atoms with E-state index in [1.54, 1.807) is 6.92 Å². The number of hydrogen-bond acceptors (Lipinski definition) is 2. The van der Waals surface area contributed by atoms with E-state index in [9.17, 15) is 4.79 Å². The van der Waals surface area contributed by atoms with Gasteiger partial charge in [0.2, 0.25) is 0 Å². The fourth-order valence-electron chi connectivity index (χ4n) is 2.14. The van der Waals surface area contributed by atoms with Crippen molar-refractivity contribution in [3.63, 3.8) is 0 Å². The highest BCUT2D eigenvalue weighted by molar-refractivity contribution is 5.73. The molecule has 0 fully saturated rings. The van der Waals surface area contributed by atoms with Crippen LogP contribution in [0.3, 0.4) is 0 Å². The van der Waals surface area contributed by atoms with Gasteiger partial charge in [0.1, 0.15) is 6.04 Å². The molecule has 0 aromatic heterocycles. The molecule has 2 aromatic rings. The van der Waals surface area contributed by atoms with Gasteiger partial charge in [-0.3, -0.25) is 10.1 Å². The van der Waals surface area contributed by atoms with Crippen LogP contribution in [-0.4, -0.2) is 17.1 Å². The predicted molar refractivity (Wildman–Crippen MR) is 80.5 cm³/mol. The first kappa shape index (κ1) is 14.3. The van der Waals surface area contributed by atoms with E-state index in [0.29, 0.717) is 0 Å². The summed E-state index contributed by atoms with van der Waals surface area (Å²) in [5, 5.41) is 12.0. The predicted octanol–water partition coefficient (Wildman–Crippen LogP) is 3.48. The fourth-order valence-corrected chi connectivity index (χ4v) is 2.14. The number of nitrogens with one attached hydrogen (secondary N) is 1. The SMILES string of the molecule is CC(NC(C)c1ccc(-c2ccccc2)cc1)C(=O)O. The maximum absolute atomic E-state index is 10.8. The van der Waals surface area contributed by atoms with Crippen LogP contribution in [0.4, 0.5) is 0 Å². The van der Waals surface area contributed by atoms with Gasteiger partial charge >= 0.3 is 5.97 Å². The van der Waals surface area contributed by atoms with Gasteiger partial charge in [-0.2, -0.15) is 0 Å². The molecule has 104 valence electrons. The molecular formula is C17H19NO2. The normalized spacial score (nSPS) is 13.7. The van der Waals surface area contributed by atoms with Gasteiger partial charge in [-0.15, -0.1) is 0 Å². The maximum atomic E-state index is 10.8. The number of rotatable bonds is 5. The van der Waals surface area contributed by atoms with Gasteiger partial charge in [0, 0.05) is 6.04 Å². The van der Waals surface area contributed by atoms with Gasteiger partial charge in [0.05, 0.1) is 0 Å². The summed E-state index contributed by atoms with van der Waals surface area (Å²) in [6.45, 7) is 3.62. The maximum Gasteiger partial charge on any atom is 0.320 e. The Hall–Kier alpha value is -2.13. The molecule has 2 rings (SSSR count). The second-order valence-corrected chi connectivity index (χ2v) is 4.94. The highest BCUT2D eigenvalue weighted by Gasteiger charge is 2.14. The monoisotopic (exact) mass is 269 g/mol. The minimum absolute atomic E-state index is 0.00548. The van der Waals surface area contributed by atoms with Crippen molar-refractivity contribution in [3.8, 4) is 11.1 Å². The highest BCUT2D eigenvalue weighted by Crippen LogP contribution is 2.21. The van der Waals surface area contributed by atoms with Crippen LogP contribution >= 0.6 is 0 Å². The van der Waals surface area contributed by atoms with Gasteiger partial charge < -0.3 is 5.11 Å². The molecule has 0 spiro atoms. The second kappa shape index (κ2) is 6.35. The van der Waals surface area contributed by atoms with E-state index in [1.807, 2.05) is 37.3 Å². The third-order valence-electron chi connectivity index (χ3n) is 3.39. The molecule has 0 aliphatic heterocycles. The molecule has 2 aromatic carbocycles. The molecule has 0 saturated heterocycles. The van der Waals surface area contributed by atoms with Crippen molar-refractivity contribution in [3.05, 3.63) is 60.2 Å². The van der Waals surface area contributed by atoms with Crippen molar-refractivity contribution in [2.24, 2.45) is 0 Å². The summed E-state index contributed by atoms with van der Waals surface area (Å²) in [6, 6.07) is 17.8.